The maximum absolute atomic E-state index is 13.0. The number of halogens is 3. The lowest BCUT2D eigenvalue weighted by Crippen LogP contribution is -2.46. The topological polar surface area (TPSA) is 101 Å². The van der Waals surface area contributed by atoms with E-state index in [0.717, 1.165) is 25.0 Å². The summed E-state index contributed by atoms with van der Waals surface area (Å²) in [5.74, 6) is -1.06. The molecule has 1 fully saturated rings. The van der Waals surface area contributed by atoms with E-state index in [2.05, 4.69) is 15.0 Å². The minimum atomic E-state index is -4.79. The summed E-state index contributed by atoms with van der Waals surface area (Å²) in [6.07, 6.45) is -3.29. The van der Waals surface area contributed by atoms with Gasteiger partial charge < -0.3 is 24.6 Å². The third-order valence-corrected chi connectivity index (χ3v) is 6.62. The number of hydrogen-bond acceptors (Lipinski definition) is 7. The van der Waals surface area contributed by atoms with Crippen LogP contribution in [0, 0.1) is 5.92 Å². The molecular formula is C24H29F3N4O5S. The quantitative estimate of drug-likeness (QED) is 0.494. The van der Waals surface area contributed by atoms with Crippen LogP contribution in [-0.4, -0.2) is 71.7 Å². The van der Waals surface area contributed by atoms with Gasteiger partial charge in [0.2, 0.25) is 5.91 Å². The van der Waals surface area contributed by atoms with E-state index >= 15 is 0 Å². The molecule has 202 valence electrons. The van der Waals surface area contributed by atoms with E-state index < -0.39 is 18.0 Å². The lowest BCUT2D eigenvalue weighted by Gasteiger charge is -2.34. The van der Waals surface area contributed by atoms with Crippen LogP contribution in [0.3, 0.4) is 0 Å². The normalized spacial score (nSPS) is 15.7. The summed E-state index contributed by atoms with van der Waals surface area (Å²) in [6.45, 7) is 5.79. The van der Waals surface area contributed by atoms with E-state index in [1.807, 2.05) is 13.8 Å². The third-order valence-electron chi connectivity index (χ3n) is 5.77. The van der Waals surface area contributed by atoms with Crippen LogP contribution in [0.2, 0.25) is 0 Å². The van der Waals surface area contributed by atoms with Crippen molar-refractivity contribution in [3.8, 4) is 11.5 Å². The Morgan fingerprint density at radius 1 is 1.16 bits per heavy atom. The van der Waals surface area contributed by atoms with Crippen LogP contribution in [0.1, 0.15) is 42.2 Å². The number of carbonyl (C=O) groups excluding carboxylic acids is 3. The molecule has 37 heavy (non-hydrogen) atoms. The molecule has 2 aromatic rings. The van der Waals surface area contributed by atoms with Crippen molar-refractivity contribution in [3.05, 3.63) is 40.3 Å². The minimum Gasteiger partial charge on any atom is -0.484 e. The third kappa shape index (κ3) is 8.34. The zero-order chi connectivity index (χ0) is 27.0. The van der Waals surface area contributed by atoms with Crippen molar-refractivity contribution in [2.75, 3.05) is 32.8 Å². The summed E-state index contributed by atoms with van der Waals surface area (Å²) in [7, 11) is 0. The first-order valence-corrected chi connectivity index (χ1v) is 12.7. The van der Waals surface area contributed by atoms with Crippen LogP contribution >= 0.6 is 11.3 Å². The van der Waals surface area contributed by atoms with Crippen molar-refractivity contribution in [1.82, 2.24) is 20.1 Å². The van der Waals surface area contributed by atoms with Crippen LogP contribution in [0.25, 0.3) is 0 Å². The molecule has 1 saturated heterocycles. The Labute approximate surface area is 216 Å². The maximum atomic E-state index is 13.0. The summed E-state index contributed by atoms with van der Waals surface area (Å²) in [5.41, 5.74) is 0.266. The predicted octanol–water partition coefficient (Wildman–Crippen LogP) is 3.46. The number of benzene rings is 1. The molecule has 1 unspecified atom stereocenters. The second kappa shape index (κ2) is 12.7. The van der Waals surface area contributed by atoms with Gasteiger partial charge in [0, 0.05) is 31.6 Å². The van der Waals surface area contributed by atoms with Crippen molar-refractivity contribution in [2.45, 2.75) is 39.6 Å². The Kier molecular flexibility index (Phi) is 9.73. The van der Waals surface area contributed by atoms with E-state index in [1.54, 1.807) is 15.2 Å². The summed E-state index contributed by atoms with van der Waals surface area (Å²) < 4.78 is 45.7. The number of hydrogen-bond donors (Lipinski definition) is 1. The second-order valence-corrected chi connectivity index (χ2v) is 9.25. The Bertz CT molecular complexity index is 1070. The Balaban J connectivity index is 1.45. The second-order valence-electron chi connectivity index (χ2n) is 8.31. The zero-order valence-corrected chi connectivity index (χ0v) is 21.4. The van der Waals surface area contributed by atoms with Crippen molar-refractivity contribution in [3.63, 3.8) is 0 Å². The number of thiazole rings is 1. The van der Waals surface area contributed by atoms with Gasteiger partial charge in [-0.25, -0.2) is 4.98 Å². The van der Waals surface area contributed by atoms with Gasteiger partial charge in [0.15, 0.2) is 6.61 Å². The predicted molar refractivity (Wildman–Crippen MR) is 129 cm³/mol. The van der Waals surface area contributed by atoms with Gasteiger partial charge in [-0.1, -0.05) is 0 Å². The molecule has 0 saturated carbocycles. The molecule has 2 heterocycles. The number of alkyl halides is 3. The van der Waals surface area contributed by atoms with Gasteiger partial charge in [-0.3, -0.25) is 14.4 Å². The highest BCUT2D eigenvalue weighted by Gasteiger charge is 2.32. The fourth-order valence-corrected chi connectivity index (χ4v) is 4.63. The van der Waals surface area contributed by atoms with Crippen LogP contribution in [0.4, 0.5) is 13.2 Å². The molecule has 1 atom stereocenters. The minimum absolute atomic E-state index is 0.0666. The number of amides is 3. The molecule has 0 bridgehead atoms. The van der Waals surface area contributed by atoms with Gasteiger partial charge in [0.1, 0.15) is 22.2 Å². The molecule has 0 spiro atoms. The maximum Gasteiger partial charge on any atom is 0.573 e. The van der Waals surface area contributed by atoms with E-state index in [4.69, 9.17) is 4.74 Å². The summed E-state index contributed by atoms with van der Waals surface area (Å²) in [6, 6.07) is 4.68. The molecule has 0 radical (unpaired) electrons. The fraction of sp³-hybridized carbons (Fsp3) is 0.500. The highest BCUT2D eigenvalue weighted by atomic mass is 32.1. The van der Waals surface area contributed by atoms with Gasteiger partial charge in [-0.15, -0.1) is 24.5 Å². The van der Waals surface area contributed by atoms with E-state index in [1.165, 1.54) is 23.5 Å². The van der Waals surface area contributed by atoms with Gasteiger partial charge in [-0.05, 0) is 51.0 Å². The van der Waals surface area contributed by atoms with Crippen LogP contribution in [0.5, 0.6) is 11.5 Å². The molecule has 1 aromatic carbocycles. The fourth-order valence-electron chi connectivity index (χ4n) is 3.92. The van der Waals surface area contributed by atoms with E-state index in [0.29, 0.717) is 31.2 Å². The van der Waals surface area contributed by atoms with Crippen molar-refractivity contribution < 1.29 is 37.0 Å². The average molecular weight is 543 g/mol. The molecule has 3 rings (SSSR count). The molecular weight excluding hydrogens is 513 g/mol. The largest absolute Gasteiger partial charge is 0.573 e. The number of piperidine rings is 1. The molecule has 1 aliphatic rings. The van der Waals surface area contributed by atoms with E-state index in [-0.39, 0.29) is 42.3 Å². The number of rotatable bonds is 10. The van der Waals surface area contributed by atoms with Gasteiger partial charge in [0.05, 0.1) is 12.5 Å². The first-order chi connectivity index (χ1) is 17.6. The van der Waals surface area contributed by atoms with Gasteiger partial charge in [0.25, 0.3) is 11.8 Å². The average Bonchev–Trinajstić information content (AvgIpc) is 3.35. The van der Waals surface area contributed by atoms with E-state index in [9.17, 15) is 27.6 Å². The molecule has 1 aromatic heterocycles. The standard InChI is InChI=1S/C24H29F3N4O5S/c1-3-30(4-2)22(33)16-6-5-11-31(13-16)23(34)19-15-37-21(29-19)12-28-20(32)14-35-17-7-9-18(10-8-17)36-24(25,26)27/h7-10,15-16H,3-6,11-14H2,1-2H3,(H,28,32). The Morgan fingerprint density at radius 2 is 1.84 bits per heavy atom. The first-order valence-electron chi connectivity index (χ1n) is 11.9. The number of nitrogens with zero attached hydrogens (tertiary/aromatic N) is 3. The molecule has 3 amide bonds. The summed E-state index contributed by atoms with van der Waals surface area (Å²) >= 11 is 1.23. The molecule has 0 aliphatic carbocycles. The summed E-state index contributed by atoms with van der Waals surface area (Å²) in [4.78, 5) is 45.5. The van der Waals surface area contributed by atoms with Gasteiger partial charge >= 0.3 is 6.36 Å². The number of ether oxygens (including phenoxy) is 2. The Morgan fingerprint density at radius 3 is 2.49 bits per heavy atom. The lowest BCUT2D eigenvalue weighted by atomic mass is 9.96. The van der Waals surface area contributed by atoms with Crippen LogP contribution in [0.15, 0.2) is 29.6 Å². The molecule has 1 aliphatic heterocycles. The molecule has 13 heteroatoms. The SMILES string of the molecule is CCN(CC)C(=O)C1CCCN(C(=O)c2csc(CNC(=O)COc3ccc(OC(F)(F)F)cc3)n2)C1. The Hall–Kier alpha value is -3.35. The van der Waals surface area contributed by atoms with Crippen molar-refractivity contribution in [2.24, 2.45) is 5.92 Å². The molecule has 1 N–H and O–H groups in total. The zero-order valence-electron chi connectivity index (χ0n) is 20.5. The monoisotopic (exact) mass is 542 g/mol. The highest BCUT2D eigenvalue weighted by Crippen LogP contribution is 2.25. The highest BCUT2D eigenvalue weighted by molar-refractivity contribution is 7.09. The van der Waals surface area contributed by atoms with Crippen molar-refractivity contribution in [1.29, 1.82) is 0 Å². The lowest BCUT2D eigenvalue weighted by molar-refractivity contribution is -0.274. The first kappa shape index (κ1) is 28.2. The molecule has 9 nitrogen and oxygen atoms in total. The van der Waals surface area contributed by atoms with Crippen molar-refractivity contribution >= 4 is 29.1 Å². The van der Waals surface area contributed by atoms with Crippen LogP contribution in [-0.2, 0) is 16.1 Å². The number of carbonyl (C=O) groups is 3. The number of aromatic nitrogens is 1. The van der Waals surface area contributed by atoms with Gasteiger partial charge in [-0.2, -0.15) is 0 Å². The smallest absolute Gasteiger partial charge is 0.484 e. The summed E-state index contributed by atoms with van der Waals surface area (Å²) in [5, 5.41) is 4.78. The van der Waals surface area contributed by atoms with Crippen LogP contribution < -0.4 is 14.8 Å². The number of nitrogens with one attached hydrogen (secondary N) is 1. The number of likely N-dealkylation sites (tertiary alicyclic amines) is 1.